The van der Waals surface area contributed by atoms with Crippen LogP contribution in [0.1, 0.15) is 45.3 Å². The number of imidazole rings is 1. The van der Waals surface area contributed by atoms with Crippen LogP contribution < -0.4 is 10.2 Å². The molecule has 1 N–H and O–H groups in total. The van der Waals surface area contributed by atoms with Crippen LogP contribution in [-0.4, -0.2) is 48.9 Å². The fourth-order valence-corrected chi connectivity index (χ4v) is 3.12. The molecule has 2 unspecified atom stereocenters. The number of methoxy groups -OCH3 is 1. The Morgan fingerprint density at radius 2 is 2.33 bits per heavy atom. The van der Waals surface area contributed by atoms with Crippen molar-refractivity contribution in [3.63, 3.8) is 0 Å². The molecule has 2 rings (SSSR count). The number of hydrogen-bond donors (Lipinski definition) is 1. The topological polar surface area (TPSA) is 42.3 Å². The summed E-state index contributed by atoms with van der Waals surface area (Å²) >= 11 is 0. The van der Waals surface area contributed by atoms with Gasteiger partial charge in [-0.15, -0.1) is 0 Å². The molecule has 0 bridgehead atoms. The summed E-state index contributed by atoms with van der Waals surface area (Å²) in [6, 6.07) is 0.854. The van der Waals surface area contributed by atoms with Gasteiger partial charge in [-0.25, -0.2) is 4.98 Å². The number of aryl methyl sites for hydroxylation is 1. The molecule has 21 heavy (non-hydrogen) atoms. The maximum atomic E-state index is 5.34. The number of hydrogen-bond acceptors (Lipinski definition) is 4. The normalized spacial score (nSPS) is 20.5. The van der Waals surface area contributed by atoms with Crippen molar-refractivity contribution in [3.05, 3.63) is 11.9 Å². The van der Waals surface area contributed by atoms with E-state index in [1.165, 1.54) is 12.8 Å². The molecule has 0 spiro atoms. The van der Waals surface area contributed by atoms with Gasteiger partial charge < -0.3 is 19.5 Å². The molecule has 1 aliphatic rings. The molecule has 0 amide bonds. The van der Waals surface area contributed by atoms with E-state index in [0.29, 0.717) is 18.7 Å². The van der Waals surface area contributed by atoms with Crippen LogP contribution in [0.25, 0.3) is 0 Å². The quantitative estimate of drug-likeness (QED) is 0.837. The molecule has 2 atom stereocenters. The maximum absolute atomic E-state index is 5.34. The van der Waals surface area contributed by atoms with Crippen LogP contribution in [0.5, 0.6) is 0 Å². The lowest BCUT2D eigenvalue weighted by atomic mass is 10.1. The van der Waals surface area contributed by atoms with Crippen LogP contribution in [-0.2, 0) is 11.2 Å². The summed E-state index contributed by atoms with van der Waals surface area (Å²) in [5.74, 6) is 1.10. The molecule has 0 aliphatic carbocycles. The number of piperidine rings is 1. The number of aromatic nitrogens is 2. The Kier molecular flexibility index (Phi) is 6.06. The zero-order valence-electron chi connectivity index (χ0n) is 13.9. The van der Waals surface area contributed by atoms with Gasteiger partial charge in [-0.2, -0.15) is 0 Å². The SMILES string of the molecule is CCc1cn(C(C)COC)c(N(CC)C2CCCNC2)n1. The first-order valence-corrected chi connectivity index (χ1v) is 8.25. The van der Waals surface area contributed by atoms with Crippen molar-refractivity contribution in [3.8, 4) is 0 Å². The Hall–Kier alpha value is -1.07. The van der Waals surface area contributed by atoms with E-state index < -0.39 is 0 Å². The fraction of sp³-hybridized carbons (Fsp3) is 0.812. The number of anilines is 1. The van der Waals surface area contributed by atoms with Gasteiger partial charge in [0.25, 0.3) is 0 Å². The first-order valence-electron chi connectivity index (χ1n) is 8.25. The Morgan fingerprint density at radius 3 is 2.90 bits per heavy atom. The van der Waals surface area contributed by atoms with Crippen molar-refractivity contribution in [2.24, 2.45) is 0 Å². The van der Waals surface area contributed by atoms with Gasteiger partial charge in [0.15, 0.2) is 0 Å². The number of nitrogens with one attached hydrogen (secondary N) is 1. The highest BCUT2D eigenvalue weighted by Crippen LogP contribution is 2.24. The molecule has 0 saturated carbocycles. The molecule has 5 nitrogen and oxygen atoms in total. The smallest absolute Gasteiger partial charge is 0.206 e. The Balaban J connectivity index is 2.27. The van der Waals surface area contributed by atoms with E-state index in [0.717, 1.165) is 37.7 Å². The highest BCUT2D eigenvalue weighted by atomic mass is 16.5. The van der Waals surface area contributed by atoms with Gasteiger partial charge in [0.1, 0.15) is 0 Å². The minimum atomic E-state index is 0.309. The van der Waals surface area contributed by atoms with Gasteiger partial charge in [-0.3, -0.25) is 0 Å². The molecular formula is C16H30N4O. The molecule has 1 aromatic heterocycles. The third-order valence-corrected chi connectivity index (χ3v) is 4.32. The zero-order chi connectivity index (χ0) is 15.2. The van der Waals surface area contributed by atoms with Gasteiger partial charge in [0.05, 0.1) is 18.3 Å². The number of ether oxygens (including phenoxy) is 1. The lowest BCUT2D eigenvalue weighted by Gasteiger charge is -2.35. The first-order chi connectivity index (χ1) is 10.2. The number of nitrogens with zero attached hydrogens (tertiary/aromatic N) is 3. The van der Waals surface area contributed by atoms with Crippen molar-refractivity contribution < 1.29 is 4.74 Å². The van der Waals surface area contributed by atoms with Crippen molar-refractivity contribution in [1.82, 2.24) is 14.9 Å². The van der Waals surface area contributed by atoms with Crippen molar-refractivity contribution in [2.75, 3.05) is 38.3 Å². The van der Waals surface area contributed by atoms with Gasteiger partial charge in [0, 0.05) is 32.4 Å². The summed E-state index contributed by atoms with van der Waals surface area (Å²) in [6.45, 7) is 10.5. The predicted octanol–water partition coefficient (Wildman–Crippen LogP) is 2.23. The molecule has 5 heteroatoms. The van der Waals surface area contributed by atoms with Crippen molar-refractivity contribution >= 4 is 5.95 Å². The van der Waals surface area contributed by atoms with Crippen LogP contribution in [0.2, 0.25) is 0 Å². The Morgan fingerprint density at radius 1 is 1.52 bits per heavy atom. The molecule has 0 radical (unpaired) electrons. The fourth-order valence-electron chi connectivity index (χ4n) is 3.12. The van der Waals surface area contributed by atoms with E-state index >= 15 is 0 Å². The summed E-state index contributed by atoms with van der Waals surface area (Å²) in [7, 11) is 1.76. The minimum absolute atomic E-state index is 0.309. The maximum Gasteiger partial charge on any atom is 0.206 e. The van der Waals surface area contributed by atoms with E-state index in [1.807, 2.05) is 0 Å². The summed E-state index contributed by atoms with van der Waals surface area (Å²) in [6.07, 6.45) is 5.65. The molecule has 1 aliphatic heterocycles. The summed E-state index contributed by atoms with van der Waals surface area (Å²) < 4.78 is 7.63. The van der Waals surface area contributed by atoms with Gasteiger partial charge >= 0.3 is 0 Å². The molecular weight excluding hydrogens is 264 g/mol. The predicted molar refractivity (Wildman–Crippen MR) is 87.1 cm³/mol. The molecule has 1 saturated heterocycles. The van der Waals surface area contributed by atoms with Crippen LogP contribution in [0.4, 0.5) is 5.95 Å². The summed E-state index contributed by atoms with van der Waals surface area (Å²) in [4.78, 5) is 7.34. The lowest BCUT2D eigenvalue weighted by molar-refractivity contribution is 0.162. The van der Waals surface area contributed by atoms with E-state index in [4.69, 9.17) is 9.72 Å². The highest BCUT2D eigenvalue weighted by molar-refractivity contribution is 5.36. The third-order valence-electron chi connectivity index (χ3n) is 4.32. The largest absolute Gasteiger partial charge is 0.383 e. The average Bonchev–Trinajstić information content (AvgIpc) is 2.94. The number of likely N-dealkylation sites (N-methyl/N-ethyl adjacent to an activating group) is 1. The van der Waals surface area contributed by atoms with Crippen LogP contribution in [0, 0.1) is 0 Å². The molecule has 2 heterocycles. The van der Waals surface area contributed by atoms with E-state index in [9.17, 15) is 0 Å². The monoisotopic (exact) mass is 294 g/mol. The molecule has 1 fully saturated rings. The first kappa shape index (κ1) is 16.3. The second-order valence-corrected chi connectivity index (χ2v) is 5.88. The van der Waals surface area contributed by atoms with Crippen LogP contribution >= 0.6 is 0 Å². The molecule has 1 aromatic rings. The van der Waals surface area contributed by atoms with Crippen LogP contribution in [0.3, 0.4) is 0 Å². The summed E-state index contributed by atoms with van der Waals surface area (Å²) in [5, 5.41) is 3.51. The minimum Gasteiger partial charge on any atom is -0.383 e. The van der Waals surface area contributed by atoms with Crippen molar-refractivity contribution in [2.45, 2.75) is 52.1 Å². The van der Waals surface area contributed by atoms with Crippen molar-refractivity contribution in [1.29, 1.82) is 0 Å². The highest BCUT2D eigenvalue weighted by Gasteiger charge is 2.25. The lowest BCUT2D eigenvalue weighted by Crippen LogP contribution is -2.47. The van der Waals surface area contributed by atoms with E-state index in [2.05, 4.69) is 41.8 Å². The molecule has 120 valence electrons. The summed E-state index contributed by atoms with van der Waals surface area (Å²) in [5.41, 5.74) is 1.16. The average molecular weight is 294 g/mol. The third kappa shape index (κ3) is 3.77. The standard InChI is InChI=1S/C16H30N4O/c1-5-14-11-20(13(3)12-21-4)16(18-14)19(6-2)15-8-7-9-17-10-15/h11,13,15,17H,5-10,12H2,1-4H3. The van der Waals surface area contributed by atoms with E-state index in [1.54, 1.807) is 7.11 Å². The van der Waals surface area contributed by atoms with Crippen LogP contribution in [0.15, 0.2) is 6.20 Å². The van der Waals surface area contributed by atoms with Gasteiger partial charge in [0.2, 0.25) is 5.95 Å². The zero-order valence-corrected chi connectivity index (χ0v) is 13.9. The Bertz CT molecular complexity index is 426. The second kappa shape index (κ2) is 7.80. The Labute approximate surface area is 128 Å². The van der Waals surface area contributed by atoms with E-state index in [-0.39, 0.29) is 0 Å². The second-order valence-electron chi connectivity index (χ2n) is 5.88. The number of rotatable bonds is 7. The van der Waals surface area contributed by atoms with Gasteiger partial charge in [-0.1, -0.05) is 6.92 Å². The van der Waals surface area contributed by atoms with Gasteiger partial charge in [-0.05, 0) is 39.7 Å². The molecule has 0 aromatic carbocycles.